The summed E-state index contributed by atoms with van der Waals surface area (Å²) in [7, 11) is -4.38. The average Bonchev–Trinajstić information content (AvgIpc) is 3.20. The Labute approximate surface area is 201 Å². The fourth-order valence-electron chi connectivity index (χ4n) is 3.68. The van der Waals surface area contributed by atoms with E-state index in [9.17, 15) is 18.5 Å². The predicted molar refractivity (Wildman–Crippen MR) is 125 cm³/mol. The van der Waals surface area contributed by atoms with Crippen LogP contribution in [0.2, 0.25) is 10.0 Å². The molecule has 0 radical (unpaired) electrons. The first-order chi connectivity index (χ1) is 14.8. The second kappa shape index (κ2) is 9.76. The lowest BCUT2D eigenvalue weighted by molar-refractivity contribution is -0.387. The summed E-state index contributed by atoms with van der Waals surface area (Å²) < 4.78 is 27.9. The molecular weight excluding hydrogens is 499 g/mol. The van der Waals surface area contributed by atoms with E-state index in [0.717, 1.165) is 36.1 Å². The van der Waals surface area contributed by atoms with E-state index in [1.54, 1.807) is 18.2 Å². The van der Waals surface area contributed by atoms with Crippen molar-refractivity contribution in [3.8, 4) is 11.3 Å². The highest BCUT2D eigenvalue weighted by molar-refractivity contribution is 7.90. The molecule has 2 aromatic carbocycles. The molecule has 0 unspecified atom stereocenters. The smallest absolute Gasteiger partial charge is 0.290 e. The maximum atomic E-state index is 13.5. The molecule has 1 aliphatic rings. The van der Waals surface area contributed by atoms with Crippen molar-refractivity contribution in [1.29, 1.82) is 0 Å². The monoisotopic (exact) mass is 516 g/mol. The van der Waals surface area contributed by atoms with Gasteiger partial charge in [0.2, 0.25) is 0 Å². The van der Waals surface area contributed by atoms with Gasteiger partial charge in [0.25, 0.3) is 15.7 Å². The molecular formula is C20H19Cl3N4O4S. The van der Waals surface area contributed by atoms with Gasteiger partial charge in [0.05, 0.1) is 21.3 Å². The first-order valence-corrected chi connectivity index (χ1v) is 11.7. The number of piperidine rings is 1. The molecule has 8 nitrogen and oxygen atoms in total. The molecule has 1 aromatic heterocycles. The van der Waals surface area contributed by atoms with Crippen molar-refractivity contribution >= 4 is 51.3 Å². The third kappa shape index (κ3) is 4.62. The number of nitro benzene ring substituents is 1. The van der Waals surface area contributed by atoms with E-state index < -0.39 is 25.5 Å². The molecule has 0 bridgehead atoms. The number of benzene rings is 2. The molecule has 1 saturated heterocycles. The van der Waals surface area contributed by atoms with E-state index >= 15 is 0 Å². The van der Waals surface area contributed by atoms with E-state index in [0.29, 0.717) is 16.3 Å². The molecule has 0 saturated carbocycles. The van der Waals surface area contributed by atoms with Gasteiger partial charge >= 0.3 is 0 Å². The van der Waals surface area contributed by atoms with Crippen LogP contribution in [0.3, 0.4) is 0 Å². The van der Waals surface area contributed by atoms with Crippen LogP contribution >= 0.6 is 35.6 Å². The van der Waals surface area contributed by atoms with Crippen molar-refractivity contribution in [3.63, 3.8) is 0 Å². The quantitative estimate of drug-likeness (QED) is 0.381. The zero-order valence-corrected chi connectivity index (χ0v) is 19.7. The van der Waals surface area contributed by atoms with E-state index in [-0.39, 0.29) is 29.0 Å². The topological polar surface area (TPSA) is 107 Å². The highest BCUT2D eigenvalue weighted by Crippen LogP contribution is 2.36. The number of para-hydroxylation sites is 1. The van der Waals surface area contributed by atoms with E-state index in [2.05, 4.69) is 10.4 Å². The van der Waals surface area contributed by atoms with Crippen LogP contribution in [0.25, 0.3) is 11.3 Å². The van der Waals surface area contributed by atoms with Gasteiger partial charge in [-0.2, -0.15) is 17.6 Å². The Balaban J connectivity index is 0.00000289. The van der Waals surface area contributed by atoms with Crippen LogP contribution < -0.4 is 5.32 Å². The van der Waals surface area contributed by atoms with E-state index in [4.69, 9.17) is 23.2 Å². The number of nitro groups is 1. The molecule has 3 aromatic rings. The number of rotatable bonds is 5. The van der Waals surface area contributed by atoms with Gasteiger partial charge in [-0.3, -0.25) is 10.1 Å². The third-order valence-electron chi connectivity index (χ3n) is 5.23. The van der Waals surface area contributed by atoms with Crippen molar-refractivity contribution in [3.05, 3.63) is 74.4 Å². The molecule has 1 aliphatic heterocycles. The van der Waals surface area contributed by atoms with Crippen LogP contribution in [0.15, 0.2) is 53.4 Å². The third-order valence-corrected chi connectivity index (χ3v) is 7.41. The Morgan fingerprint density at radius 2 is 1.78 bits per heavy atom. The number of nitrogens with one attached hydrogen (secondary N) is 1. The maximum Gasteiger partial charge on any atom is 0.290 e. The number of aromatic nitrogens is 2. The molecule has 170 valence electrons. The molecule has 1 fully saturated rings. The Kier molecular flexibility index (Phi) is 7.46. The van der Waals surface area contributed by atoms with Gasteiger partial charge in [-0.1, -0.05) is 35.3 Å². The summed E-state index contributed by atoms with van der Waals surface area (Å²) >= 11 is 12.4. The summed E-state index contributed by atoms with van der Waals surface area (Å²) in [5.41, 5.74) is 0.730. The molecule has 2 heterocycles. The minimum Gasteiger partial charge on any atom is -0.317 e. The van der Waals surface area contributed by atoms with Crippen LogP contribution in [0.1, 0.15) is 24.5 Å². The second-order valence-electron chi connectivity index (χ2n) is 7.18. The van der Waals surface area contributed by atoms with Crippen LogP contribution in [-0.4, -0.2) is 35.6 Å². The number of hydrogen-bond acceptors (Lipinski definition) is 6. The molecule has 32 heavy (non-hydrogen) atoms. The molecule has 0 spiro atoms. The highest BCUT2D eigenvalue weighted by atomic mass is 35.5. The molecule has 0 aliphatic carbocycles. The van der Waals surface area contributed by atoms with Gasteiger partial charge in [0, 0.05) is 22.6 Å². The number of nitrogens with zero attached hydrogens (tertiary/aromatic N) is 3. The predicted octanol–water partition coefficient (Wildman–Crippen LogP) is 4.89. The van der Waals surface area contributed by atoms with Crippen molar-refractivity contribution in [2.75, 3.05) is 13.1 Å². The molecule has 1 N–H and O–H groups in total. The van der Waals surface area contributed by atoms with Crippen LogP contribution in [0, 0.1) is 10.1 Å². The Morgan fingerprint density at radius 1 is 1.09 bits per heavy atom. The summed E-state index contributed by atoms with van der Waals surface area (Å²) in [5.74, 6) is 0.0632. The maximum absolute atomic E-state index is 13.5. The van der Waals surface area contributed by atoms with Gasteiger partial charge in [-0.15, -0.1) is 12.4 Å². The summed E-state index contributed by atoms with van der Waals surface area (Å²) in [4.78, 5) is 10.3. The van der Waals surface area contributed by atoms with E-state index in [1.807, 2.05) is 0 Å². The van der Waals surface area contributed by atoms with Crippen molar-refractivity contribution in [2.45, 2.75) is 23.7 Å². The first kappa shape index (κ1) is 24.5. The van der Waals surface area contributed by atoms with Crippen molar-refractivity contribution in [1.82, 2.24) is 14.5 Å². The first-order valence-electron chi connectivity index (χ1n) is 9.54. The Hall–Kier alpha value is -2.17. The lowest BCUT2D eigenvalue weighted by Crippen LogP contribution is -2.27. The standard InChI is InChI=1S/C20H18Cl2N4O4S.ClH/c21-14-5-6-15(16(22)11-14)19-12-17(13-7-9-23-10-8-13)24-25(19)31(29,30)20-4-2-1-3-18(20)26(27)28;/h1-6,11-13,23H,7-10H2;1H. The molecule has 4 rings (SSSR count). The SMILES string of the molecule is Cl.O=[N+]([O-])c1ccccc1S(=O)(=O)n1nc(C2CCNCC2)cc1-c1ccc(Cl)cc1Cl. The highest BCUT2D eigenvalue weighted by Gasteiger charge is 2.32. The summed E-state index contributed by atoms with van der Waals surface area (Å²) in [6.45, 7) is 1.59. The largest absolute Gasteiger partial charge is 0.317 e. The molecule has 0 atom stereocenters. The Morgan fingerprint density at radius 3 is 2.44 bits per heavy atom. The molecule has 12 heteroatoms. The van der Waals surface area contributed by atoms with Crippen LogP contribution in [-0.2, 0) is 10.0 Å². The summed E-state index contributed by atoms with van der Waals surface area (Å²) in [6.07, 6.45) is 1.60. The minimum absolute atomic E-state index is 0. The summed E-state index contributed by atoms with van der Waals surface area (Å²) in [6, 6.07) is 11.6. The van der Waals surface area contributed by atoms with E-state index in [1.165, 1.54) is 24.3 Å². The van der Waals surface area contributed by atoms with Crippen LogP contribution in [0.4, 0.5) is 5.69 Å². The Bertz CT molecular complexity index is 1260. The van der Waals surface area contributed by atoms with Gasteiger partial charge in [-0.05, 0) is 56.3 Å². The van der Waals surface area contributed by atoms with Crippen molar-refractivity contribution in [2.24, 2.45) is 0 Å². The lowest BCUT2D eigenvalue weighted by Gasteiger charge is -2.20. The zero-order valence-electron chi connectivity index (χ0n) is 16.6. The van der Waals surface area contributed by atoms with Gasteiger partial charge < -0.3 is 5.32 Å². The fraction of sp³-hybridized carbons (Fsp3) is 0.250. The molecule has 0 amide bonds. The van der Waals surface area contributed by atoms with Crippen molar-refractivity contribution < 1.29 is 13.3 Å². The second-order valence-corrected chi connectivity index (χ2v) is 9.76. The minimum atomic E-state index is -4.38. The summed E-state index contributed by atoms with van der Waals surface area (Å²) in [5, 5.41) is 19.8. The normalized spacial score (nSPS) is 14.7. The van der Waals surface area contributed by atoms with Crippen LogP contribution in [0.5, 0.6) is 0 Å². The zero-order chi connectivity index (χ0) is 22.2. The van der Waals surface area contributed by atoms with Gasteiger partial charge in [0.15, 0.2) is 4.90 Å². The average molecular weight is 518 g/mol. The number of halogens is 3. The fourth-order valence-corrected chi connectivity index (χ4v) is 5.64. The number of hydrogen-bond donors (Lipinski definition) is 1. The lowest BCUT2D eigenvalue weighted by atomic mass is 9.94. The van der Waals surface area contributed by atoms with Gasteiger partial charge in [-0.25, -0.2) is 0 Å². The van der Waals surface area contributed by atoms with Gasteiger partial charge in [0.1, 0.15) is 0 Å².